The van der Waals surface area contributed by atoms with Crippen molar-refractivity contribution in [3.8, 4) is 0 Å². The van der Waals surface area contributed by atoms with Crippen LogP contribution in [-0.4, -0.2) is 22.3 Å². The van der Waals surface area contributed by atoms with Crippen molar-refractivity contribution in [3.63, 3.8) is 0 Å². The predicted molar refractivity (Wildman–Crippen MR) is 58.1 cm³/mol. The highest BCUT2D eigenvalue weighted by Gasteiger charge is 2.19. The molecule has 0 amide bonds. The van der Waals surface area contributed by atoms with Crippen molar-refractivity contribution in [1.82, 2.24) is 10.2 Å². The van der Waals surface area contributed by atoms with Crippen molar-refractivity contribution < 1.29 is 0 Å². The van der Waals surface area contributed by atoms with E-state index in [0.717, 1.165) is 17.9 Å². The van der Waals surface area contributed by atoms with Crippen LogP contribution in [0, 0.1) is 6.92 Å². The Morgan fingerprint density at radius 3 is 2.57 bits per heavy atom. The fourth-order valence-corrected chi connectivity index (χ4v) is 1.06. The van der Waals surface area contributed by atoms with Crippen molar-refractivity contribution in [3.05, 3.63) is 17.8 Å². The van der Waals surface area contributed by atoms with E-state index in [2.05, 4.69) is 29.4 Å². The van der Waals surface area contributed by atoms with E-state index >= 15 is 0 Å². The van der Waals surface area contributed by atoms with Crippen molar-refractivity contribution in [2.75, 3.05) is 11.9 Å². The van der Waals surface area contributed by atoms with E-state index in [4.69, 9.17) is 5.73 Å². The summed E-state index contributed by atoms with van der Waals surface area (Å²) in [6.45, 7) is 6.67. The molecule has 1 aromatic heterocycles. The lowest BCUT2D eigenvalue weighted by molar-refractivity contribution is 0.503. The summed E-state index contributed by atoms with van der Waals surface area (Å²) in [6.07, 6.45) is 0.957. The number of hydrogen-bond acceptors (Lipinski definition) is 4. The first-order valence-electron chi connectivity index (χ1n) is 4.88. The van der Waals surface area contributed by atoms with Crippen LogP contribution >= 0.6 is 0 Å². The molecule has 3 N–H and O–H groups in total. The summed E-state index contributed by atoms with van der Waals surface area (Å²) in [5.74, 6) is 0.783. The first-order chi connectivity index (χ1) is 6.59. The SMILES string of the molecule is CCC(C)(CN)Nc1ccc(C)nn1. The molecule has 0 saturated carbocycles. The van der Waals surface area contributed by atoms with Gasteiger partial charge in [0.25, 0.3) is 0 Å². The molecule has 78 valence electrons. The molecule has 1 atom stereocenters. The van der Waals surface area contributed by atoms with Gasteiger partial charge in [0.05, 0.1) is 5.69 Å². The Morgan fingerprint density at radius 2 is 2.14 bits per heavy atom. The number of hydrogen-bond donors (Lipinski definition) is 2. The maximum atomic E-state index is 5.68. The van der Waals surface area contributed by atoms with E-state index in [1.54, 1.807) is 0 Å². The molecule has 14 heavy (non-hydrogen) atoms. The molecule has 0 aromatic carbocycles. The fourth-order valence-electron chi connectivity index (χ4n) is 1.06. The Kier molecular flexibility index (Phi) is 3.41. The monoisotopic (exact) mass is 194 g/mol. The van der Waals surface area contributed by atoms with Gasteiger partial charge in [-0.2, -0.15) is 5.10 Å². The molecular weight excluding hydrogens is 176 g/mol. The summed E-state index contributed by atoms with van der Waals surface area (Å²) >= 11 is 0. The standard InChI is InChI=1S/C10H18N4/c1-4-10(3,7-11)12-9-6-5-8(2)13-14-9/h5-6H,4,7,11H2,1-3H3,(H,12,14). The van der Waals surface area contributed by atoms with Gasteiger partial charge in [-0.15, -0.1) is 5.10 Å². The molecule has 1 unspecified atom stereocenters. The Bertz CT molecular complexity index is 277. The predicted octanol–water partition coefficient (Wildman–Crippen LogP) is 1.32. The summed E-state index contributed by atoms with van der Waals surface area (Å²) < 4.78 is 0. The van der Waals surface area contributed by atoms with Gasteiger partial charge in [0.1, 0.15) is 5.82 Å². The number of aromatic nitrogens is 2. The van der Waals surface area contributed by atoms with Gasteiger partial charge in [-0.05, 0) is 32.4 Å². The summed E-state index contributed by atoms with van der Waals surface area (Å²) in [4.78, 5) is 0. The minimum absolute atomic E-state index is 0.0933. The van der Waals surface area contributed by atoms with Crippen LogP contribution in [0.15, 0.2) is 12.1 Å². The average molecular weight is 194 g/mol. The van der Waals surface area contributed by atoms with Gasteiger partial charge < -0.3 is 11.1 Å². The van der Waals surface area contributed by atoms with Crippen molar-refractivity contribution >= 4 is 5.82 Å². The molecule has 0 bridgehead atoms. The maximum absolute atomic E-state index is 5.68. The van der Waals surface area contributed by atoms with Crippen LogP contribution in [0.3, 0.4) is 0 Å². The zero-order valence-electron chi connectivity index (χ0n) is 9.04. The van der Waals surface area contributed by atoms with Gasteiger partial charge in [0.2, 0.25) is 0 Å². The molecule has 0 fully saturated rings. The Hall–Kier alpha value is -1.16. The minimum Gasteiger partial charge on any atom is -0.362 e. The Labute approximate surface area is 84.9 Å². The highest BCUT2D eigenvalue weighted by Crippen LogP contribution is 2.14. The van der Waals surface area contributed by atoms with Gasteiger partial charge in [-0.25, -0.2) is 0 Å². The molecule has 4 nitrogen and oxygen atoms in total. The van der Waals surface area contributed by atoms with E-state index in [-0.39, 0.29) is 5.54 Å². The van der Waals surface area contributed by atoms with E-state index in [1.165, 1.54) is 0 Å². The van der Waals surface area contributed by atoms with Crippen LogP contribution in [0.2, 0.25) is 0 Å². The van der Waals surface area contributed by atoms with Crippen molar-refractivity contribution in [2.45, 2.75) is 32.7 Å². The highest BCUT2D eigenvalue weighted by atomic mass is 15.2. The molecule has 1 rings (SSSR count). The number of nitrogens with two attached hydrogens (primary N) is 1. The van der Waals surface area contributed by atoms with Gasteiger partial charge >= 0.3 is 0 Å². The smallest absolute Gasteiger partial charge is 0.149 e. The normalized spacial score (nSPS) is 14.9. The largest absolute Gasteiger partial charge is 0.362 e. The average Bonchev–Trinajstić information content (AvgIpc) is 2.21. The number of nitrogens with zero attached hydrogens (tertiary/aromatic N) is 2. The minimum atomic E-state index is -0.0933. The molecule has 0 aliphatic carbocycles. The summed E-state index contributed by atoms with van der Waals surface area (Å²) in [7, 11) is 0. The number of aryl methyl sites for hydroxylation is 1. The first kappa shape index (κ1) is 10.9. The summed E-state index contributed by atoms with van der Waals surface area (Å²) in [5, 5.41) is 11.3. The topological polar surface area (TPSA) is 63.8 Å². The third kappa shape index (κ3) is 2.67. The van der Waals surface area contributed by atoms with Gasteiger partial charge in [-0.3, -0.25) is 0 Å². The molecule has 0 aliphatic rings. The van der Waals surface area contributed by atoms with Gasteiger partial charge in [-0.1, -0.05) is 6.92 Å². The summed E-state index contributed by atoms with van der Waals surface area (Å²) in [6, 6.07) is 3.85. The van der Waals surface area contributed by atoms with E-state index < -0.39 is 0 Å². The maximum Gasteiger partial charge on any atom is 0.149 e. The second-order valence-electron chi connectivity index (χ2n) is 3.80. The summed E-state index contributed by atoms with van der Waals surface area (Å²) in [5.41, 5.74) is 6.51. The van der Waals surface area contributed by atoms with Crippen LogP contribution in [0.5, 0.6) is 0 Å². The molecule has 1 aromatic rings. The Morgan fingerprint density at radius 1 is 1.43 bits per heavy atom. The molecule has 0 radical (unpaired) electrons. The quantitative estimate of drug-likeness (QED) is 0.759. The van der Waals surface area contributed by atoms with Gasteiger partial charge in [0, 0.05) is 12.1 Å². The second kappa shape index (κ2) is 4.37. The lowest BCUT2D eigenvalue weighted by Crippen LogP contribution is -2.42. The lowest BCUT2D eigenvalue weighted by atomic mass is 9.99. The van der Waals surface area contributed by atoms with Crippen LogP contribution in [0.4, 0.5) is 5.82 Å². The lowest BCUT2D eigenvalue weighted by Gasteiger charge is -2.28. The van der Waals surface area contributed by atoms with E-state index in [1.807, 2.05) is 19.1 Å². The van der Waals surface area contributed by atoms with Crippen molar-refractivity contribution in [1.29, 1.82) is 0 Å². The fraction of sp³-hybridized carbons (Fsp3) is 0.600. The van der Waals surface area contributed by atoms with E-state index in [9.17, 15) is 0 Å². The zero-order valence-corrected chi connectivity index (χ0v) is 9.04. The van der Waals surface area contributed by atoms with E-state index in [0.29, 0.717) is 6.54 Å². The third-order valence-electron chi connectivity index (χ3n) is 2.46. The van der Waals surface area contributed by atoms with Crippen molar-refractivity contribution in [2.24, 2.45) is 5.73 Å². The molecule has 0 aliphatic heterocycles. The zero-order chi connectivity index (χ0) is 10.6. The second-order valence-corrected chi connectivity index (χ2v) is 3.80. The molecule has 1 heterocycles. The van der Waals surface area contributed by atoms with Crippen LogP contribution in [0.25, 0.3) is 0 Å². The molecule has 0 saturated heterocycles. The van der Waals surface area contributed by atoms with Gasteiger partial charge in [0.15, 0.2) is 0 Å². The van der Waals surface area contributed by atoms with Crippen LogP contribution in [-0.2, 0) is 0 Å². The van der Waals surface area contributed by atoms with Crippen LogP contribution in [0.1, 0.15) is 26.0 Å². The first-order valence-corrected chi connectivity index (χ1v) is 4.88. The van der Waals surface area contributed by atoms with Crippen LogP contribution < -0.4 is 11.1 Å². The molecular formula is C10H18N4. The molecule has 0 spiro atoms. The third-order valence-corrected chi connectivity index (χ3v) is 2.46. The number of rotatable bonds is 4. The number of nitrogens with one attached hydrogen (secondary N) is 1. The number of anilines is 1. The highest BCUT2D eigenvalue weighted by molar-refractivity contribution is 5.36. The Balaban J connectivity index is 2.72. The molecule has 4 heteroatoms.